The average Bonchev–Trinajstić information content (AvgIpc) is 1.65. The van der Waals surface area contributed by atoms with Crippen LogP contribution in [0.5, 0.6) is 0 Å². The summed E-state index contributed by atoms with van der Waals surface area (Å²) in [5, 5.41) is 8.13. The highest BCUT2D eigenvalue weighted by atomic mass is 19.3. The van der Waals surface area contributed by atoms with Crippen LogP contribution < -0.4 is 5.73 Å². The predicted molar refractivity (Wildman–Crippen MR) is 25.7 cm³/mol. The van der Waals surface area contributed by atoms with E-state index in [1.54, 1.807) is 0 Å². The molecule has 4 heteroatoms. The number of hydrogen-bond acceptors (Lipinski definition) is 2. The Morgan fingerprint density at radius 1 is 1.50 bits per heavy atom. The van der Waals surface area contributed by atoms with Crippen molar-refractivity contribution in [1.29, 1.82) is 0 Å². The second kappa shape index (κ2) is 3.74. The molecule has 8 heavy (non-hydrogen) atoms. The van der Waals surface area contributed by atoms with E-state index in [2.05, 4.69) is 0 Å². The summed E-state index contributed by atoms with van der Waals surface area (Å²) in [6.07, 6.45) is -2.83. The highest BCUT2D eigenvalue weighted by Gasteiger charge is 2.08. The van der Waals surface area contributed by atoms with Gasteiger partial charge in [-0.3, -0.25) is 0 Å². The monoisotopic (exact) mass is 125 g/mol. The lowest BCUT2D eigenvalue weighted by molar-refractivity contribution is 0.114. The van der Waals surface area contributed by atoms with Gasteiger partial charge < -0.3 is 10.8 Å². The Morgan fingerprint density at radius 2 is 2.00 bits per heavy atom. The maximum Gasteiger partial charge on any atom is 0.240 e. The molecule has 3 N–H and O–H groups in total. The van der Waals surface area contributed by atoms with E-state index in [0.29, 0.717) is 0 Å². The lowest BCUT2D eigenvalue weighted by Gasteiger charge is -2.04. The van der Waals surface area contributed by atoms with Crippen molar-refractivity contribution in [3.05, 3.63) is 0 Å². The quantitative estimate of drug-likeness (QED) is 0.556. The highest BCUT2D eigenvalue weighted by Crippen LogP contribution is 2.00. The van der Waals surface area contributed by atoms with E-state index in [0.717, 1.165) is 0 Å². The molecule has 0 aliphatic heterocycles. The number of aliphatic hydroxyl groups excluding tert-OH is 1. The molecule has 0 aromatic carbocycles. The summed E-state index contributed by atoms with van der Waals surface area (Å²) in [4.78, 5) is 0. The lowest BCUT2D eigenvalue weighted by atomic mass is 10.2. The third kappa shape index (κ3) is 3.95. The van der Waals surface area contributed by atoms with Gasteiger partial charge in [0.2, 0.25) is 6.43 Å². The maximum atomic E-state index is 11.3. The minimum Gasteiger partial charge on any atom is -0.395 e. The van der Waals surface area contributed by atoms with Gasteiger partial charge in [-0.1, -0.05) is 0 Å². The number of nitrogens with two attached hydrogens (primary N) is 1. The first-order valence-corrected chi connectivity index (χ1v) is 2.31. The first-order valence-electron chi connectivity index (χ1n) is 2.31. The fourth-order valence-corrected chi connectivity index (χ4v) is 0.303. The number of hydrogen-bond donors (Lipinski definition) is 2. The van der Waals surface area contributed by atoms with Crippen LogP contribution in [0.25, 0.3) is 0 Å². The second-order valence-corrected chi connectivity index (χ2v) is 1.57. The molecule has 0 heterocycles. The molecular weight excluding hydrogens is 116 g/mol. The zero-order valence-electron chi connectivity index (χ0n) is 4.35. The predicted octanol–water partition coefficient (Wildman–Crippen LogP) is -0.0388. The summed E-state index contributed by atoms with van der Waals surface area (Å²) in [6.45, 7) is -0.371. The van der Waals surface area contributed by atoms with Gasteiger partial charge in [-0.05, 0) is 0 Å². The van der Waals surface area contributed by atoms with Gasteiger partial charge in [0, 0.05) is 12.5 Å². The van der Waals surface area contributed by atoms with E-state index in [-0.39, 0.29) is 6.61 Å². The smallest absolute Gasteiger partial charge is 0.240 e. The zero-order valence-corrected chi connectivity index (χ0v) is 4.35. The first kappa shape index (κ1) is 7.78. The van der Waals surface area contributed by atoms with Crippen LogP contribution >= 0.6 is 0 Å². The normalized spacial score (nSPS) is 14.6. The van der Waals surface area contributed by atoms with Crippen LogP contribution in [0.2, 0.25) is 0 Å². The van der Waals surface area contributed by atoms with Gasteiger partial charge in [0.1, 0.15) is 0 Å². The maximum absolute atomic E-state index is 11.3. The highest BCUT2D eigenvalue weighted by molar-refractivity contribution is 4.58. The van der Waals surface area contributed by atoms with Crippen LogP contribution in [0.4, 0.5) is 8.78 Å². The van der Waals surface area contributed by atoms with Crippen LogP contribution in [-0.4, -0.2) is 24.2 Å². The van der Waals surface area contributed by atoms with E-state index in [1.165, 1.54) is 0 Å². The standard InChI is InChI=1S/C4H9F2NO/c5-4(6)1-3(7)2-8/h3-4,8H,1-2,7H2/t3-/m1/s1. The van der Waals surface area contributed by atoms with Crippen molar-refractivity contribution in [1.82, 2.24) is 0 Å². The van der Waals surface area contributed by atoms with E-state index in [4.69, 9.17) is 10.8 Å². The minimum absolute atomic E-state index is 0.371. The molecule has 0 aliphatic carbocycles. The summed E-state index contributed by atoms with van der Waals surface area (Å²) in [7, 11) is 0. The number of alkyl halides is 2. The van der Waals surface area contributed by atoms with Gasteiger partial charge in [-0.25, -0.2) is 8.78 Å². The summed E-state index contributed by atoms with van der Waals surface area (Å²) in [6, 6.07) is -0.769. The van der Waals surface area contributed by atoms with Crippen molar-refractivity contribution in [3.63, 3.8) is 0 Å². The molecule has 0 aromatic rings. The van der Waals surface area contributed by atoms with Crippen LogP contribution in [0.3, 0.4) is 0 Å². The molecule has 0 aliphatic rings. The van der Waals surface area contributed by atoms with Gasteiger partial charge in [0.15, 0.2) is 0 Å². The number of halogens is 2. The third-order valence-electron chi connectivity index (χ3n) is 0.715. The zero-order chi connectivity index (χ0) is 6.57. The van der Waals surface area contributed by atoms with Crippen LogP contribution in [0.15, 0.2) is 0 Å². The first-order chi connectivity index (χ1) is 3.66. The molecule has 50 valence electrons. The molecule has 0 unspecified atom stereocenters. The molecular formula is C4H9F2NO. The fourth-order valence-electron chi connectivity index (χ4n) is 0.303. The molecule has 0 bridgehead atoms. The summed E-state index contributed by atoms with van der Waals surface area (Å²) >= 11 is 0. The average molecular weight is 125 g/mol. The van der Waals surface area contributed by atoms with Crippen molar-refractivity contribution in [3.8, 4) is 0 Å². The molecule has 0 spiro atoms. The third-order valence-corrected chi connectivity index (χ3v) is 0.715. The van der Waals surface area contributed by atoms with E-state index >= 15 is 0 Å². The van der Waals surface area contributed by atoms with Gasteiger partial charge in [0.25, 0.3) is 0 Å². The summed E-state index contributed by atoms with van der Waals surface area (Å²) < 4.78 is 22.6. The summed E-state index contributed by atoms with van der Waals surface area (Å²) in [5.74, 6) is 0. The molecule has 0 amide bonds. The van der Waals surface area contributed by atoms with Crippen molar-refractivity contribution < 1.29 is 13.9 Å². The lowest BCUT2D eigenvalue weighted by Crippen LogP contribution is -2.26. The Labute approximate surface area is 46.3 Å². The van der Waals surface area contributed by atoms with Crippen LogP contribution in [-0.2, 0) is 0 Å². The van der Waals surface area contributed by atoms with E-state index in [1.807, 2.05) is 0 Å². The van der Waals surface area contributed by atoms with Crippen LogP contribution in [0.1, 0.15) is 6.42 Å². The Balaban J connectivity index is 3.10. The largest absolute Gasteiger partial charge is 0.395 e. The van der Waals surface area contributed by atoms with E-state index < -0.39 is 18.9 Å². The minimum atomic E-state index is -2.41. The number of rotatable bonds is 3. The van der Waals surface area contributed by atoms with Gasteiger partial charge >= 0.3 is 0 Å². The molecule has 0 radical (unpaired) electrons. The second-order valence-electron chi connectivity index (χ2n) is 1.57. The Bertz CT molecular complexity index is 60.0. The van der Waals surface area contributed by atoms with Crippen molar-refractivity contribution >= 4 is 0 Å². The van der Waals surface area contributed by atoms with Gasteiger partial charge in [0.05, 0.1) is 6.61 Å². The van der Waals surface area contributed by atoms with Crippen LogP contribution in [0, 0.1) is 0 Å². The summed E-state index contributed by atoms with van der Waals surface area (Å²) in [5.41, 5.74) is 4.94. The fraction of sp³-hybridized carbons (Fsp3) is 1.00. The van der Waals surface area contributed by atoms with Gasteiger partial charge in [-0.2, -0.15) is 0 Å². The Kier molecular flexibility index (Phi) is 3.64. The SMILES string of the molecule is N[C@@H](CO)CC(F)F. The topological polar surface area (TPSA) is 46.2 Å². The Hall–Kier alpha value is -0.220. The molecule has 0 saturated heterocycles. The molecule has 2 nitrogen and oxygen atoms in total. The molecule has 1 atom stereocenters. The molecule has 0 aromatic heterocycles. The van der Waals surface area contributed by atoms with E-state index in [9.17, 15) is 8.78 Å². The van der Waals surface area contributed by atoms with Crippen molar-refractivity contribution in [2.24, 2.45) is 5.73 Å². The molecule has 0 fully saturated rings. The number of aliphatic hydroxyl groups is 1. The Morgan fingerprint density at radius 3 is 2.12 bits per heavy atom. The van der Waals surface area contributed by atoms with Crippen molar-refractivity contribution in [2.75, 3.05) is 6.61 Å². The molecule has 0 rings (SSSR count). The molecule has 0 saturated carbocycles. The van der Waals surface area contributed by atoms with Crippen molar-refractivity contribution in [2.45, 2.75) is 18.9 Å². The van der Waals surface area contributed by atoms with Gasteiger partial charge in [-0.15, -0.1) is 0 Å².